The number of anilines is 1. The number of aliphatic imine (C=N–C) groups is 1. The Morgan fingerprint density at radius 3 is 2.50 bits per heavy atom. The molecule has 0 atom stereocenters. The van der Waals surface area contributed by atoms with E-state index in [0.717, 1.165) is 21.3 Å². The highest BCUT2D eigenvalue weighted by Gasteiger charge is 2.28. The zero-order valence-corrected chi connectivity index (χ0v) is 13.3. The largest absolute Gasteiger partial charge is 0.366 e. The van der Waals surface area contributed by atoms with Gasteiger partial charge in [0.2, 0.25) is 5.91 Å². The molecule has 2 aromatic rings. The number of hydrogen-bond donors (Lipinski definition) is 2. The molecule has 1 heterocycles. The molecule has 3 N–H and O–H groups in total. The molecule has 6 heteroatoms. The summed E-state index contributed by atoms with van der Waals surface area (Å²) in [6.45, 7) is 1.95. The van der Waals surface area contributed by atoms with Crippen LogP contribution in [-0.2, 0) is 4.79 Å². The Hall–Kier alpha value is -2.47. The number of benzene rings is 2. The van der Waals surface area contributed by atoms with Crippen LogP contribution in [0.3, 0.4) is 0 Å². The van der Waals surface area contributed by atoms with Gasteiger partial charge in [0.15, 0.2) is 0 Å². The quantitative estimate of drug-likeness (QED) is 0.865. The summed E-state index contributed by atoms with van der Waals surface area (Å²) in [6, 6.07) is 10.3. The molecule has 0 unspecified atom stereocenters. The zero-order valence-electron chi connectivity index (χ0n) is 11.7. The van der Waals surface area contributed by atoms with Crippen LogP contribution in [0.5, 0.6) is 0 Å². The van der Waals surface area contributed by atoms with Gasteiger partial charge in [0.05, 0.1) is 11.4 Å². The first-order valence-electron chi connectivity index (χ1n) is 6.57. The van der Waals surface area contributed by atoms with Gasteiger partial charge in [0, 0.05) is 15.6 Å². The van der Waals surface area contributed by atoms with Crippen LogP contribution in [-0.4, -0.2) is 17.5 Å². The van der Waals surface area contributed by atoms with Crippen molar-refractivity contribution in [1.29, 1.82) is 0 Å². The van der Waals surface area contributed by atoms with Gasteiger partial charge in [-0.3, -0.25) is 9.59 Å². The van der Waals surface area contributed by atoms with E-state index in [4.69, 9.17) is 5.73 Å². The second-order valence-corrected chi connectivity index (χ2v) is 5.74. The van der Waals surface area contributed by atoms with Crippen LogP contribution in [0.15, 0.2) is 45.9 Å². The summed E-state index contributed by atoms with van der Waals surface area (Å²) in [4.78, 5) is 27.6. The van der Waals surface area contributed by atoms with Crippen molar-refractivity contribution in [2.75, 3.05) is 5.32 Å². The minimum absolute atomic E-state index is 0.250. The van der Waals surface area contributed by atoms with E-state index in [1.54, 1.807) is 24.3 Å². The third-order valence-electron chi connectivity index (χ3n) is 3.43. The Kier molecular flexibility index (Phi) is 3.54. The first-order valence-corrected chi connectivity index (χ1v) is 7.36. The van der Waals surface area contributed by atoms with Gasteiger partial charge in [-0.2, -0.15) is 0 Å². The van der Waals surface area contributed by atoms with E-state index in [9.17, 15) is 9.59 Å². The van der Waals surface area contributed by atoms with E-state index in [1.807, 2.05) is 19.1 Å². The van der Waals surface area contributed by atoms with Crippen molar-refractivity contribution in [3.05, 3.63) is 57.6 Å². The molecular formula is C16H12BrN3O2. The van der Waals surface area contributed by atoms with Gasteiger partial charge in [-0.05, 0) is 58.7 Å². The maximum atomic E-state index is 12.1. The molecule has 0 aliphatic carbocycles. The number of nitrogens with one attached hydrogen (secondary N) is 1. The molecule has 5 nitrogen and oxygen atoms in total. The Balaban J connectivity index is 2.07. The average Bonchev–Trinajstić information content (AvgIpc) is 2.80. The molecule has 0 radical (unpaired) electrons. The topological polar surface area (TPSA) is 84.5 Å². The minimum atomic E-state index is -0.499. The Morgan fingerprint density at radius 2 is 1.86 bits per heavy atom. The summed E-state index contributed by atoms with van der Waals surface area (Å²) in [5.41, 5.74) is 9.03. The highest BCUT2D eigenvalue weighted by Crippen LogP contribution is 2.34. The second kappa shape index (κ2) is 5.38. The number of nitrogens with two attached hydrogens (primary N) is 1. The molecule has 22 heavy (non-hydrogen) atoms. The first-order chi connectivity index (χ1) is 10.5. The number of aryl methyl sites for hydroxylation is 1. The zero-order chi connectivity index (χ0) is 15.9. The third kappa shape index (κ3) is 2.42. The molecule has 0 saturated heterocycles. The van der Waals surface area contributed by atoms with Crippen molar-refractivity contribution in [3.63, 3.8) is 0 Å². The molecule has 0 aromatic heterocycles. The van der Waals surface area contributed by atoms with Crippen LogP contribution in [0, 0.1) is 6.92 Å². The van der Waals surface area contributed by atoms with Crippen LogP contribution in [0.4, 0.5) is 11.4 Å². The molecule has 110 valence electrons. The van der Waals surface area contributed by atoms with Crippen molar-refractivity contribution in [2.45, 2.75) is 6.92 Å². The summed E-state index contributed by atoms with van der Waals surface area (Å²) in [7, 11) is 0. The van der Waals surface area contributed by atoms with E-state index in [-0.39, 0.29) is 5.91 Å². The Bertz CT molecular complexity index is 826. The van der Waals surface area contributed by atoms with Crippen molar-refractivity contribution in [3.8, 4) is 0 Å². The summed E-state index contributed by atoms with van der Waals surface area (Å²) >= 11 is 3.51. The van der Waals surface area contributed by atoms with E-state index in [2.05, 4.69) is 26.2 Å². The van der Waals surface area contributed by atoms with Crippen LogP contribution >= 0.6 is 15.9 Å². The first kappa shape index (κ1) is 14.5. The van der Waals surface area contributed by atoms with Gasteiger partial charge >= 0.3 is 0 Å². The van der Waals surface area contributed by atoms with Gasteiger partial charge in [-0.25, -0.2) is 4.99 Å². The SMILES string of the molecule is Cc1ccc2c(c1Br)C(=Nc1ccc(C(N)=O)cc1)C(=O)N2. The highest BCUT2D eigenvalue weighted by atomic mass is 79.9. The number of carbonyl (C=O) groups excluding carboxylic acids is 2. The number of primary amides is 1. The highest BCUT2D eigenvalue weighted by molar-refractivity contribution is 9.10. The predicted octanol–water partition coefficient (Wildman–Crippen LogP) is 2.93. The number of amides is 2. The molecule has 1 aliphatic rings. The minimum Gasteiger partial charge on any atom is -0.366 e. The number of fused-ring (bicyclic) bond motifs is 1. The lowest BCUT2D eigenvalue weighted by molar-refractivity contribution is -0.110. The van der Waals surface area contributed by atoms with Gasteiger partial charge in [-0.15, -0.1) is 0 Å². The van der Waals surface area contributed by atoms with E-state index >= 15 is 0 Å². The number of halogens is 1. The van der Waals surface area contributed by atoms with Crippen LogP contribution < -0.4 is 11.1 Å². The lowest BCUT2D eigenvalue weighted by Gasteiger charge is -2.05. The monoisotopic (exact) mass is 357 g/mol. The van der Waals surface area contributed by atoms with Crippen molar-refractivity contribution < 1.29 is 9.59 Å². The summed E-state index contributed by atoms with van der Waals surface area (Å²) in [5, 5.41) is 2.79. The van der Waals surface area contributed by atoms with Crippen LogP contribution in [0.25, 0.3) is 0 Å². The van der Waals surface area contributed by atoms with Crippen LogP contribution in [0.2, 0.25) is 0 Å². The fourth-order valence-corrected chi connectivity index (χ4v) is 2.78. The maximum absolute atomic E-state index is 12.1. The molecule has 3 rings (SSSR count). The average molecular weight is 358 g/mol. The predicted molar refractivity (Wildman–Crippen MR) is 88.7 cm³/mol. The molecule has 2 aromatic carbocycles. The fraction of sp³-hybridized carbons (Fsp3) is 0.0625. The van der Waals surface area contributed by atoms with Gasteiger partial charge in [-0.1, -0.05) is 6.07 Å². The molecule has 0 spiro atoms. The second-order valence-electron chi connectivity index (χ2n) is 4.94. The van der Waals surface area contributed by atoms with Gasteiger partial charge < -0.3 is 11.1 Å². The fourth-order valence-electron chi connectivity index (χ4n) is 2.25. The van der Waals surface area contributed by atoms with Gasteiger partial charge in [0.25, 0.3) is 5.91 Å². The standard InChI is InChI=1S/C16H12BrN3O2/c1-8-2-7-11-12(13(8)17)14(16(22)20-11)19-10-5-3-9(4-6-10)15(18)21/h2-7H,1H3,(H2,18,21)(H,19,20,22). The maximum Gasteiger partial charge on any atom is 0.275 e. The normalized spacial score (nSPS) is 14.8. The van der Waals surface area contributed by atoms with Crippen LogP contribution in [0.1, 0.15) is 21.5 Å². The number of nitrogens with zero attached hydrogens (tertiary/aromatic N) is 1. The molecule has 0 fully saturated rings. The molecule has 0 bridgehead atoms. The number of carbonyl (C=O) groups is 2. The lowest BCUT2D eigenvalue weighted by Crippen LogP contribution is -2.14. The third-order valence-corrected chi connectivity index (χ3v) is 4.45. The van der Waals surface area contributed by atoms with Gasteiger partial charge in [0.1, 0.15) is 5.71 Å². The van der Waals surface area contributed by atoms with E-state index in [0.29, 0.717) is 17.0 Å². The Labute approximate surface area is 135 Å². The summed E-state index contributed by atoms with van der Waals surface area (Å²) < 4.78 is 0.843. The smallest absolute Gasteiger partial charge is 0.275 e. The van der Waals surface area contributed by atoms with Crippen molar-refractivity contribution in [2.24, 2.45) is 10.7 Å². The van der Waals surface area contributed by atoms with E-state index < -0.39 is 5.91 Å². The van der Waals surface area contributed by atoms with Crippen molar-refractivity contribution >= 4 is 44.8 Å². The van der Waals surface area contributed by atoms with Crippen molar-refractivity contribution in [1.82, 2.24) is 0 Å². The Morgan fingerprint density at radius 1 is 1.18 bits per heavy atom. The molecule has 2 amide bonds. The number of hydrogen-bond acceptors (Lipinski definition) is 3. The van der Waals surface area contributed by atoms with E-state index in [1.165, 1.54) is 0 Å². The summed E-state index contributed by atoms with van der Waals surface area (Å²) in [5.74, 6) is -0.748. The lowest BCUT2D eigenvalue weighted by atomic mass is 10.1. The summed E-state index contributed by atoms with van der Waals surface area (Å²) in [6.07, 6.45) is 0. The molecule has 0 saturated carbocycles. The molecular weight excluding hydrogens is 346 g/mol. The number of rotatable bonds is 2. The molecule has 1 aliphatic heterocycles.